The average Bonchev–Trinajstić information content (AvgIpc) is 2.61. The summed E-state index contributed by atoms with van der Waals surface area (Å²) >= 11 is 0. The number of nitrogen functional groups attached to an aromatic ring is 1. The summed E-state index contributed by atoms with van der Waals surface area (Å²) in [5, 5.41) is 19.7. The fraction of sp³-hybridized carbons (Fsp3) is 0.500. The molecule has 0 amide bonds. The van der Waals surface area contributed by atoms with Crippen molar-refractivity contribution in [3.05, 3.63) is 46.7 Å². The lowest BCUT2D eigenvalue weighted by Gasteiger charge is -2.36. The Bertz CT molecular complexity index is 855. The largest absolute Gasteiger partial charge is 0.398 e. The highest BCUT2D eigenvalue weighted by molar-refractivity contribution is 5.93. The van der Waals surface area contributed by atoms with Crippen LogP contribution in [0.1, 0.15) is 48.4 Å². The Morgan fingerprint density at radius 1 is 1.23 bits per heavy atom. The number of aliphatic hydroxyl groups excluding tert-OH is 2. The summed E-state index contributed by atoms with van der Waals surface area (Å²) in [6, 6.07) is 6.34. The first-order valence-corrected chi connectivity index (χ1v) is 9.69. The van der Waals surface area contributed by atoms with E-state index in [9.17, 15) is 10.2 Å². The molecule has 0 radical (unpaired) electrons. The van der Waals surface area contributed by atoms with Crippen molar-refractivity contribution in [2.45, 2.75) is 44.9 Å². The van der Waals surface area contributed by atoms with E-state index in [1.807, 2.05) is 0 Å². The van der Waals surface area contributed by atoms with Crippen LogP contribution in [-0.2, 0) is 6.42 Å². The van der Waals surface area contributed by atoms with Crippen LogP contribution < -0.4 is 5.73 Å². The third-order valence-corrected chi connectivity index (χ3v) is 6.12. The number of aromatic nitrogens is 1. The van der Waals surface area contributed by atoms with Gasteiger partial charge in [-0.15, -0.1) is 0 Å². The molecular formula is C22H28N2O2. The smallest absolute Gasteiger partial charge is 0.0728 e. The minimum absolute atomic E-state index is 0.0103. The Morgan fingerprint density at radius 2 is 2.04 bits per heavy atom. The number of hydrogen-bond acceptors (Lipinski definition) is 4. The highest BCUT2D eigenvalue weighted by atomic mass is 16.3. The molecule has 2 aliphatic carbocycles. The maximum Gasteiger partial charge on any atom is 0.0728 e. The molecule has 4 heteroatoms. The number of nitrogens with two attached hydrogens (primary N) is 1. The summed E-state index contributed by atoms with van der Waals surface area (Å²) in [6.45, 7) is 2.20. The van der Waals surface area contributed by atoms with E-state index in [1.165, 1.54) is 22.4 Å². The molecule has 4 rings (SSSR count). The summed E-state index contributed by atoms with van der Waals surface area (Å²) in [5.41, 5.74) is 13.7. The van der Waals surface area contributed by atoms with Crippen LogP contribution in [0.25, 0.3) is 10.9 Å². The number of hydrogen-bond donors (Lipinski definition) is 3. The lowest BCUT2D eigenvalue weighted by atomic mass is 9.70. The fourth-order valence-corrected chi connectivity index (χ4v) is 4.74. The molecule has 0 saturated carbocycles. The van der Waals surface area contributed by atoms with Crippen LogP contribution in [0, 0.1) is 18.8 Å². The topological polar surface area (TPSA) is 79.4 Å². The lowest BCUT2D eigenvalue weighted by Crippen LogP contribution is -2.25. The molecule has 26 heavy (non-hydrogen) atoms. The van der Waals surface area contributed by atoms with Gasteiger partial charge >= 0.3 is 0 Å². The third kappa shape index (κ3) is 3.12. The molecule has 2 bridgehead atoms. The van der Waals surface area contributed by atoms with Crippen molar-refractivity contribution in [1.82, 2.24) is 4.98 Å². The van der Waals surface area contributed by atoms with Crippen molar-refractivity contribution < 1.29 is 10.2 Å². The van der Waals surface area contributed by atoms with Crippen LogP contribution in [0.2, 0.25) is 0 Å². The van der Waals surface area contributed by atoms with E-state index in [2.05, 4.69) is 31.2 Å². The SMILES string of the molecule is Cc1ccc2c(N)c3c(nc2c1)CC1C=C(CCC(CO)CO)CC3C1. The zero-order valence-electron chi connectivity index (χ0n) is 15.4. The van der Waals surface area contributed by atoms with Gasteiger partial charge in [-0.1, -0.05) is 23.8 Å². The minimum Gasteiger partial charge on any atom is -0.398 e. The van der Waals surface area contributed by atoms with Gasteiger partial charge in [0.1, 0.15) is 0 Å². The number of aliphatic hydroxyl groups is 2. The number of aryl methyl sites for hydroxylation is 1. The quantitative estimate of drug-likeness (QED) is 0.720. The normalized spacial score (nSPS) is 21.8. The molecule has 1 aromatic carbocycles. The summed E-state index contributed by atoms with van der Waals surface area (Å²) in [5.74, 6) is 0.972. The van der Waals surface area contributed by atoms with Crippen molar-refractivity contribution in [1.29, 1.82) is 0 Å². The molecular weight excluding hydrogens is 324 g/mol. The van der Waals surface area contributed by atoms with E-state index in [4.69, 9.17) is 10.7 Å². The lowest BCUT2D eigenvalue weighted by molar-refractivity contribution is 0.143. The predicted octanol–water partition coefficient (Wildman–Crippen LogP) is 3.48. The highest BCUT2D eigenvalue weighted by Crippen LogP contribution is 2.47. The van der Waals surface area contributed by atoms with Gasteiger partial charge in [0, 0.05) is 41.5 Å². The van der Waals surface area contributed by atoms with Crippen molar-refractivity contribution in [3.63, 3.8) is 0 Å². The molecule has 138 valence electrons. The van der Waals surface area contributed by atoms with Gasteiger partial charge in [0.25, 0.3) is 0 Å². The fourth-order valence-electron chi connectivity index (χ4n) is 4.74. The molecule has 1 aromatic heterocycles. The molecule has 0 fully saturated rings. The molecule has 2 aromatic rings. The van der Waals surface area contributed by atoms with Crippen molar-refractivity contribution in [2.75, 3.05) is 18.9 Å². The second-order valence-corrected chi connectivity index (χ2v) is 8.10. The highest BCUT2D eigenvalue weighted by Gasteiger charge is 2.33. The number of fused-ring (bicyclic) bond motifs is 5. The molecule has 0 aliphatic heterocycles. The van der Waals surface area contributed by atoms with Crippen LogP contribution in [-0.4, -0.2) is 28.4 Å². The van der Waals surface area contributed by atoms with Crippen molar-refractivity contribution >= 4 is 16.6 Å². The van der Waals surface area contributed by atoms with E-state index >= 15 is 0 Å². The standard InChI is InChI=1S/C22H28N2O2/c1-13-2-5-18-19(6-13)24-20-10-16-7-14(3-4-15(11-25)12-26)8-17(9-16)21(20)22(18)23/h2,5-7,15-17,25-26H,3-4,8-12H2,1H3,(H2,23,24). The van der Waals surface area contributed by atoms with E-state index in [1.54, 1.807) is 0 Å². The van der Waals surface area contributed by atoms with Gasteiger partial charge < -0.3 is 15.9 Å². The number of allylic oxidation sites excluding steroid dienone is 2. The van der Waals surface area contributed by atoms with Crippen LogP contribution in [0.15, 0.2) is 29.8 Å². The van der Waals surface area contributed by atoms with Crippen LogP contribution in [0.5, 0.6) is 0 Å². The molecule has 1 heterocycles. The van der Waals surface area contributed by atoms with Crippen molar-refractivity contribution in [3.8, 4) is 0 Å². The van der Waals surface area contributed by atoms with Crippen LogP contribution in [0.3, 0.4) is 0 Å². The molecule has 4 N–H and O–H groups in total. The average molecular weight is 352 g/mol. The Morgan fingerprint density at radius 3 is 2.81 bits per heavy atom. The van der Waals surface area contributed by atoms with Gasteiger partial charge in [0.15, 0.2) is 0 Å². The third-order valence-electron chi connectivity index (χ3n) is 6.12. The van der Waals surface area contributed by atoms with Gasteiger partial charge in [0.2, 0.25) is 0 Å². The number of anilines is 1. The summed E-state index contributed by atoms with van der Waals surface area (Å²) in [6.07, 6.45) is 7.36. The summed E-state index contributed by atoms with van der Waals surface area (Å²) < 4.78 is 0. The number of benzene rings is 1. The first kappa shape index (κ1) is 17.5. The van der Waals surface area contributed by atoms with Crippen LogP contribution >= 0.6 is 0 Å². The monoisotopic (exact) mass is 352 g/mol. The van der Waals surface area contributed by atoms with E-state index in [0.717, 1.165) is 48.7 Å². The Kier molecular flexibility index (Phi) is 4.72. The number of pyridine rings is 1. The molecule has 2 unspecified atom stereocenters. The second-order valence-electron chi connectivity index (χ2n) is 8.10. The van der Waals surface area contributed by atoms with E-state index in [-0.39, 0.29) is 19.1 Å². The molecule has 0 spiro atoms. The number of rotatable bonds is 5. The van der Waals surface area contributed by atoms with Crippen LogP contribution in [0.4, 0.5) is 5.69 Å². The molecule has 2 atom stereocenters. The van der Waals surface area contributed by atoms with E-state index < -0.39 is 0 Å². The maximum atomic E-state index is 9.30. The Labute approximate surface area is 154 Å². The zero-order chi connectivity index (χ0) is 18.3. The second kappa shape index (κ2) is 7.01. The van der Waals surface area contributed by atoms with Crippen molar-refractivity contribution in [2.24, 2.45) is 11.8 Å². The van der Waals surface area contributed by atoms with Gasteiger partial charge in [-0.3, -0.25) is 4.98 Å². The maximum absolute atomic E-state index is 9.30. The zero-order valence-corrected chi connectivity index (χ0v) is 15.4. The first-order valence-electron chi connectivity index (χ1n) is 9.69. The molecule has 0 saturated heterocycles. The predicted molar refractivity (Wildman–Crippen MR) is 105 cm³/mol. The van der Waals surface area contributed by atoms with E-state index in [0.29, 0.717) is 11.8 Å². The van der Waals surface area contributed by atoms with Gasteiger partial charge in [-0.05, 0) is 62.5 Å². The molecule has 4 nitrogen and oxygen atoms in total. The number of nitrogens with zero attached hydrogens (tertiary/aromatic N) is 1. The summed E-state index contributed by atoms with van der Waals surface area (Å²) in [7, 11) is 0. The minimum atomic E-state index is -0.0103. The Hall–Kier alpha value is -1.91. The van der Waals surface area contributed by atoms with Gasteiger partial charge in [-0.2, -0.15) is 0 Å². The first-order chi connectivity index (χ1) is 12.6. The van der Waals surface area contributed by atoms with Gasteiger partial charge in [0.05, 0.1) is 5.52 Å². The van der Waals surface area contributed by atoms with Gasteiger partial charge in [-0.25, -0.2) is 0 Å². The summed E-state index contributed by atoms with van der Waals surface area (Å²) in [4.78, 5) is 4.97. The molecule has 2 aliphatic rings. The Balaban J connectivity index is 1.63.